The van der Waals surface area contributed by atoms with Gasteiger partial charge in [-0.3, -0.25) is 0 Å². The number of nitrogens with one attached hydrogen (secondary N) is 2. The number of urea groups is 1. The molecule has 1 heterocycles. The summed E-state index contributed by atoms with van der Waals surface area (Å²) in [6.07, 6.45) is 0.636. The molecule has 0 aromatic heterocycles. The lowest BCUT2D eigenvalue weighted by Gasteiger charge is -2.26. The molecule has 1 aliphatic heterocycles. The molecule has 2 amide bonds. The quantitative estimate of drug-likeness (QED) is 0.671. The highest BCUT2D eigenvalue weighted by molar-refractivity contribution is 7.89. The van der Waals surface area contributed by atoms with Gasteiger partial charge >= 0.3 is 6.03 Å². The number of ether oxygens (including phenoxy) is 2. The fourth-order valence-corrected chi connectivity index (χ4v) is 4.58. The van der Waals surface area contributed by atoms with Gasteiger partial charge in [0.25, 0.3) is 0 Å². The molecule has 1 fully saturated rings. The third-order valence-corrected chi connectivity index (χ3v) is 6.88. The molecule has 3 rings (SSSR count). The number of carbonyl (C=O) groups is 1. The van der Waals surface area contributed by atoms with E-state index in [9.17, 15) is 13.2 Å². The molecule has 2 N–H and O–H groups in total. The molecule has 0 radical (unpaired) electrons. The molecule has 2 aromatic carbocycles. The predicted molar refractivity (Wildman–Crippen MR) is 115 cm³/mol. The van der Waals surface area contributed by atoms with E-state index >= 15 is 0 Å². The Bertz CT molecular complexity index is 976. The Kier molecular flexibility index (Phi) is 7.54. The summed E-state index contributed by atoms with van der Waals surface area (Å²) in [4.78, 5) is 12.3. The highest BCUT2D eigenvalue weighted by Gasteiger charge is 2.27. The molecule has 8 nitrogen and oxygen atoms in total. The van der Waals surface area contributed by atoms with Gasteiger partial charge in [0.15, 0.2) is 0 Å². The van der Waals surface area contributed by atoms with Crippen LogP contribution in [0.1, 0.15) is 5.56 Å². The molecular weight excluding hydrogens is 430 g/mol. The van der Waals surface area contributed by atoms with Crippen molar-refractivity contribution in [1.29, 1.82) is 0 Å². The normalized spacial score (nSPS) is 14.9. The van der Waals surface area contributed by atoms with Gasteiger partial charge in [-0.05, 0) is 42.3 Å². The molecule has 1 saturated heterocycles. The number of morpholine rings is 1. The highest BCUT2D eigenvalue weighted by Crippen LogP contribution is 2.27. The first-order valence-electron chi connectivity index (χ1n) is 9.45. The molecule has 0 aliphatic carbocycles. The van der Waals surface area contributed by atoms with Gasteiger partial charge in [0.05, 0.1) is 35.9 Å². The van der Waals surface area contributed by atoms with Crippen molar-refractivity contribution in [3.63, 3.8) is 0 Å². The van der Waals surface area contributed by atoms with E-state index in [2.05, 4.69) is 10.6 Å². The number of carbonyl (C=O) groups excluding carboxylic acids is 1. The van der Waals surface area contributed by atoms with E-state index in [0.29, 0.717) is 39.3 Å². The minimum absolute atomic E-state index is 0.0716. The van der Waals surface area contributed by atoms with Crippen LogP contribution in [0.3, 0.4) is 0 Å². The topological polar surface area (TPSA) is 97.0 Å². The number of sulfonamides is 1. The fourth-order valence-electron chi connectivity index (χ4n) is 2.98. The van der Waals surface area contributed by atoms with Crippen molar-refractivity contribution < 1.29 is 22.7 Å². The number of nitrogens with zero attached hydrogens (tertiary/aromatic N) is 1. The van der Waals surface area contributed by atoms with E-state index in [1.54, 1.807) is 7.11 Å². The van der Waals surface area contributed by atoms with Crippen LogP contribution in [0.2, 0.25) is 5.02 Å². The molecule has 10 heteroatoms. The zero-order chi connectivity index (χ0) is 21.6. The summed E-state index contributed by atoms with van der Waals surface area (Å²) in [5.74, 6) is 0.769. The summed E-state index contributed by atoms with van der Waals surface area (Å²) < 4.78 is 37.3. The van der Waals surface area contributed by atoms with Crippen molar-refractivity contribution in [2.45, 2.75) is 11.3 Å². The van der Waals surface area contributed by atoms with E-state index in [-0.39, 0.29) is 15.6 Å². The number of hydrogen-bond acceptors (Lipinski definition) is 5. The Morgan fingerprint density at radius 2 is 1.87 bits per heavy atom. The fraction of sp³-hybridized carbons (Fsp3) is 0.350. The van der Waals surface area contributed by atoms with Crippen molar-refractivity contribution in [3.05, 3.63) is 53.1 Å². The molecule has 2 aromatic rings. The number of amides is 2. The lowest BCUT2D eigenvalue weighted by atomic mass is 10.1. The number of hydrogen-bond donors (Lipinski definition) is 2. The summed E-state index contributed by atoms with van der Waals surface area (Å²) in [5, 5.41) is 5.61. The second kappa shape index (κ2) is 10.1. The Morgan fingerprint density at radius 1 is 1.17 bits per heavy atom. The van der Waals surface area contributed by atoms with Crippen LogP contribution in [0.25, 0.3) is 0 Å². The average molecular weight is 454 g/mol. The number of halogens is 1. The van der Waals surface area contributed by atoms with Crippen LogP contribution in [0.4, 0.5) is 10.5 Å². The molecule has 30 heavy (non-hydrogen) atoms. The summed E-state index contributed by atoms with van der Waals surface area (Å²) >= 11 is 6.15. The SMILES string of the molecule is COc1ccc(CCNC(=O)Nc2cc(S(=O)(=O)N3CCOCC3)ccc2Cl)cc1. The van der Waals surface area contributed by atoms with Gasteiger partial charge in [0.2, 0.25) is 10.0 Å². The van der Waals surface area contributed by atoms with Gasteiger partial charge in [0, 0.05) is 19.6 Å². The Labute approximate surface area is 181 Å². The van der Waals surface area contributed by atoms with E-state index in [1.165, 1.54) is 22.5 Å². The minimum atomic E-state index is -3.68. The lowest BCUT2D eigenvalue weighted by molar-refractivity contribution is 0.0730. The molecule has 0 unspecified atom stereocenters. The van der Waals surface area contributed by atoms with Gasteiger partial charge < -0.3 is 20.1 Å². The second-order valence-corrected chi connectivity index (χ2v) is 8.98. The summed E-state index contributed by atoms with van der Waals surface area (Å²) in [5.41, 5.74) is 1.28. The van der Waals surface area contributed by atoms with Crippen molar-refractivity contribution in [2.75, 3.05) is 45.3 Å². The van der Waals surface area contributed by atoms with Crippen molar-refractivity contribution >= 4 is 33.3 Å². The molecule has 1 aliphatic rings. The van der Waals surface area contributed by atoms with Gasteiger partial charge in [-0.15, -0.1) is 0 Å². The van der Waals surface area contributed by atoms with Crippen molar-refractivity contribution in [1.82, 2.24) is 9.62 Å². The number of rotatable bonds is 7. The van der Waals surface area contributed by atoms with E-state index in [1.807, 2.05) is 24.3 Å². The third kappa shape index (κ3) is 5.63. The second-order valence-electron chi connectivity index (χ2n) is 6.64. The Balaban J connectivity index is 1.59. The van der Waals surface area contributed by atoms with Gasteiger partial charge in [-0.1, -0.05) is 23.7 Å². The van der Waals surface area contributed by atoms with Crippen LogP contribution in [-0.4, -0.2) is 58.7 Å². The lowest BCUT2D eigenvalue weighted by Crippen LogP contribution is -2.40. The van der Waals surface area contributed by atoms with Crippen LogP contribution >= 0.6 is 11.6 Å². The standard InChI is InChI=1S/C20H24ClN3O5S/c1-28-16-4-2-15(3-5-16)8-9-22-20(25)23-19-14-17(6-7-18(19)21)30(26,27)24-10-12-29-13-11-24/h2-7,14H,8-13H2,1H3,(H2,22,23,25). The zero-order valence-corrected chi connectivity index (χ0v) is 18.1. The van der Waals surface area contributed by atoms with Crippen LogP contribution in [0.5, 0.6) is 5.75 Å². The Hall–Kier alpha value is -2.33. The zero-order valence-electron chi connectivity index (χ0n) is 16.6. The van der Waals surface area contributed by atoms with Gasteiger partial charge in [-0.2, -0.15) is 4.31 Å². The molecular formula is C20H24ClN3O5S. The van der Waals surface area contributed by atoms with Crippen LogP contribution in [0.15, 0.2) is 47.4 Å². The monoisotopic (exact) mass is 453 g/mol. The maximum Gasteiger partial charge on any atom is 0.319 e. The van der Waals surface area contributed by atoms with E-state index < -0.39 is 16.1 Å². The van der Waals surface area contributed by atoms with Crippen molar-refractivity contribution in [2.24, 2.45) is 0 Å². The average Bonchev–Trinajstić information content (AvgIpc) is 2.76. The summed E-state index contributed by atoms with van der Waals surface area (Å²) in [7, 11) is -2.08. The largest absolute Gasteiger partial charge is 0.497 e. The van der Waals surface area contributed by atoms with E-state index in [0.717, 1.165) is 11.3 Å². The smallest absolute Gasteiger partial charge is 0.319 e. The first kappa shape index (κ1) is 22.4. The maximum atomic E-state index is 12.8. The van der Waals surface area contributed by atoms with E-state index in [4.69, 9.17) is 21.1 Å². The number of methoxy groups -OCH3 is 1. The molecule has 0 spiro atoms. The molecule has 0 atom stereocenters. The summed E-state index contributed by atoms with van der Waals surface area (Å²) in [6.45, 7) is 1.70. The molecule has 162 valence electrons. The van der Waals surface area contributed by atoms with Gasteiger partial charge in [0.1, 0.15) is 5.75 Å². The van der Waals surface area contributed by atoms with Crippen LogP contribution < -0.4 is 15.4 Å². The summed E-state index contributed by atoms with van der Waals surface area (Å²) in [6, 6.07) is 11.4. The van der Waals surface area contributed by atoms with Crippen LogP contribution in [-0.2, 0) is 21.2 Å². The Morgan fingerprint density at radius 3 is 2.53 bits per heavy atom. The van der Waals surface area contributed by atoms with Gasteiger partial charge in [-0.25, -0.2) is 13.2 Å². The minimum Gasteiger partial charge on any atom is -0.497 e. The maximum absolute atomic E-state index is 12.8. The first-order chi connectivity index (χ1) is 14.4. The number of benzene rings is 2. The van der Waals surface area contributed by atoms with Crippen LogP contribution in [0, 0.1) is 0 Å². The predicted octanol–water partition coefficient (Wildman–Crippen LogP) is 2.73. The highest BCUT2D eigenvalue weighted by atomic mass is 35.5. The van der Waals surface area contributed by atoms with Crippen molar-refractivity contribution in [3.8, 4) is 5.75 Å². The first-order valence-corrected chi connectivity index (χ1v) is 11.3. The number of anilines is 1. The third-order valence-electron chi connectivity index (χ3n) is 4.65. The molecule has 0 bridgehead atoms. The molecule has 0 saturated carbocycles.